The summed E-state index contributed by atoms with van der Waals surface area (Å²) < 4.78 is 5.15. The maximum absolute atomic E-state index is 12.6. The van der Waals surface area contributed by atoms with Gasteiger partial charge in [-0.1, -0.05) is 48.5 Å². The van der Waals surface area contributed by atoms with Crippen LogP contribution in [0.15, 0.2) is 85.1 Å². The van der Waals surface area contributed by atoms with Crippen LogP contribution in [0.25, 0.3) is 10.9 Å². The molecule has 0 saturated heterocycles. The molecule has 0 bridgehead atoms. The predicted octanol–water partition coefficient (Wildman–Crippen LogP) is 4.22. The molecular formula is C24H19N3O4. The minimum absolute atomic E-state index is 0.294. The SMILES string of the molecule is O=C(COC(=O)c1c[nH]c2ccccc12)Nc1ccccc1C(=O)Nc1ccccc1. The molecule has 0 aliphatic carbocycles. The number of hydrogen-bond acceptors (Lipinski definition) is 4. The van der Waals surface area contributed by atoms with Crippen LogP contribution in [0.1, 0.15) is 20.7 Å². The number of fused-ring (bicyclic) bond motifs is 1. The van der Waals surface area contributed by atoms with Crippen molar-refractivity contribution in [2.75, 3.05) is 17.2 Å². The normalized spacial score (nSPS) is 10.5. The van der Waals surface area contributed by atoms with E-state index in [2.05, 4.69) is 15.6 Å². The smallest absolute Gasteiger partial charge is 0.340 e. The van der Waals surface area contributed by atoms with Crippen LogP contribution in [0.4, 0.5) is 11.4 Å². The molecule has 2 amide bonds. The lowest BCUT2D eigenvalue weighted by Gasteiger charge is -2.11. The van der Waals surface area contributed by atoms with Gasteiger partial charge in [-0.3, -0.25) is 9.59 Å². The number of carbonyl (C=O) groups excluding carboxylic acids is 3. The highest BCUT2D eigenvalue weighted by atomic mass is 16.5. The van der Waals surface area contributed by atoms with Crippen LogP contribution in [0, 0.1) is 0 Å². The molecule has 154 valence electrons. The van der Waals surface area contributed by atoms with E-state index < -0.39 is 18.5 Å². The van der Waals surface area contributed by atoms with Crippen molar-refractivity contribution in [2.45, 2.75) is 0 Å². The molecule has 1 aromatic heterocycles. The molecular weight excluding hydrogens is 394 g/mol. The number of nitrogens with one attached hydrogen (secondary N) is 3. The molecule has 0 spiro atoms. The fourth-order valence-electron chi connectivity index (χ4n) is 3.15. The van der Waals surface area contributed by atoms with E-state index in [1.165, 1.54) is 0 Å². The summed E-state index contributed by atoms with van der Waals surface area (Å²) >= 11 is 0. The number of rotatable bonds is 6. The Morgan fingerprint density at radius 3 is 2.32 bits per heavy atom. The number of esters is 1. The van der Waals surface area contributed by atoms with E-state index in [0.29, 0.717) is 22.5 Å². The van der Waals surface area contributed by atoms with Gasteiger partial charge in [-0.2, -0.15) is 0 Å². The minimum atomic E-state index is -0.609. The number of amides is 2. The van der Waals surface area contributed by atoms with Crippen LogP contribution in [-0.4, -0.2) is 29.4 Å². The van der Waals surface area contributed by atoms with Gasteiger partial charge in [0.1, 0.15) is 0 Å². The molecule has 0 radical (unpaired) electrons. The van der Waals surface area contributed by atoms with E-state index in [0.717, 1.165) is 10.9 Å². The second-order valence-electron chi connectivity index (χ2n) is 6.74. The van der Waals surface area contributed by atoms with Crippen LogP contribution in [0.5, 0.6) is 0 Å². The first-order valence-electron chi connectivity index (χ1n) is 9.60. The number of aromatic nitrogens is 1. The molecule has 3 aromatic carbocycles. The Labute approximate surface area is 178 Å². The third-order valence-electron chi connectivity index (χ3n) is 4.62. The first-order valence-corrected chi connectivity index (χ1v) is 9.60. The van der Waals surface area contributed by atoms with Gasteiger partial charge in [0.15, 0.2) is 6.61 Å². The summed E-state index contributed by atoms with van der Waals surface area (Å²) in [6.45, 7) is -0.479. The van der Waals surface area contributed by atoms with Gasteiger partial charge in [0.05, 0.1) is 16.8 Å². The Hall–Kier alpha value is -4.39. The first kappa shape index (κ1) is 19.9. The van der Waals surface area contributed by atoms with E-state index in [1.54, 1.807) is 48.7 Å². The van der Waals surface area contributed by atoms with Gasteiger partial charge in [-0.05, 0) is 30.3 Å². The molecule has 0 fully saturated rings. The molecule has 3 N–H and O–H groups in total. The summed E-state index contributed by atoms with van der Waals surface area (Å²) in [5.41, 5.74) is 2.41. The highest BCUT2D eigenvalue weighted by Crippen LogP contribution is 2.19. The zero-order valence-electron chi connectivity index (χ0n) is 16.4. The number of anilines is 2. The number of para-hydroxylation sites is 3. The van der Waals surface area contributed by atoms with Crippen LogP contribution in [0.2, 0.25) is 0 Å². The van der Waals surface area contributed by atoms with Crippen molar-refractivity contribution in [1.82, 2.24) is 4.98 Å². The van der Waals surface area contributed by atoms with Gasteiger partial charge < -0.3 is 20.4 Å². The zero-order chi connectivity index (χ0) is 21.6. The topological polar surface area (TPSA) is 100 Å². The minimum Gasteiger partial charge on any atom is -0.452 e. The van der Waals surface area contributed by atoms with Crippen LogP contribution in [0.3, 0.4) is 0 Å². The van der Waals surface area contributed by atoms with Crippen molar-refractivity contribution < 1.29 is 19.1 Å². The van der Waals surface area contributed by atoms with Crippen molar-refractivity contribution in [3.63, 3.8) is 0 Å². The lowest BCUT2D eigenvalue weighted by molar-refractivity contribution is -0.119. The van der Waals surface area contributed by atoms with Crippen molar-refractivity contribution in [3.05, 3.63) is 96.2 Å². The van der Waals surface area contributed by atoms with E-state index in [-0.39, 0.29) is 5.91 Å². The van der Waals surface area contributed by atoms with E-state index >= 15 is 0 Å². The lowest BCUT2D eigenvalue weighted by atomic mass is 10.1. The molecule has 4 aromatic rings. The molecule has 7 nitrogen and oxygen atoms in total. The van der Waals surface area contributed by atoms with Gasteiger partial charge in [0.25, 0.3) is 11.8 Å². The number of hydrogen-bond donors (Lipinski definition) is 3. The average Bonchev–Trinajstić information content (AvgIpc) is 3.23. The number of aromatic amines is 1. The fourth-order valence-corrected chi connectivity index (χ4v) is 3.15. The average molecular weight is 413 g/mol. The Kier molecular flexibility index (Phi) is 5.75. The number of carbonyl (C=O) groups is 3. The Morgan fingerprint density at radius 1 is 0.774 bits per heavy atom. The summed E-state index contributed by atoms with van der Waals surface area (Å²) in [6, 6.07) is 22.9. The Morgan fingerprint density at radius 2 is 1.48 bits per heavy atom. The monoisotopic (exact) mass is 413 g/mol. The van der Waals surface area contributed by atoms with Crippen LogP contribution >= 0.6 is 0 Å². The molecule has 0 aliphatic rings. The van der Waals surface area contributed by atoms with Crippen LogP contribution in [-0.2, 0) is 9.53 Å². The zero-order valence-corrected chi connectivity index (χ0v) is 16.4. The van der Waals surface area contributed by atoms with E-state index in [4.69, 9.17) is 4.74 Å². The lowest BCUT2D eigenvalue weighted by Crippen LogP contribution is -2.23. The molecule has 0 saturated carbocycles. The summed E-state index contributed by atoms with van der Waals surface area (Å²) in [6.07, 6.45) is 1.55. The van der Waals surface area contributed by atoms with Gasteiger partial charge in [0, 0.05) is 22.8 Å². The Balaban J connectivity index is 1.40. The largest absolute Gasteiger partial charge is 0.452 e. The first-order chi connectivity index (χ1) is 15.1. The summed E-state index contributed by atoms with van der Waals surface area (Å²) in [4.78, 5) is 40.3. The molecule has 7 heteroatoms. The molecule has 1 heterocycles. The molecule has 31 heavy (non-hydrogen) atoms. The summed E-state index contributed by atoms with van der Waals surface area (Å²) in [5, 5.41) is 6.13. The third kappa shape index (κ3) is 4.62. The standard InChI is InChI=1S/C24H19N3O4/c28-22(15-31-24(30)19-14-25-20-12-6-4-10-17(19)20)27-21-13-7-5-11-18(21)23(29)26-16-8-2-1-3-9-16/h1-14,25H,15H2,(H,26,29)(H,27,28). The second kappa shape index (κ2) is 8.96. The van der Waals surface area contributed by atoms with Crippen molar-refractivity contribution in [3.8, 4) is 0 Å². The van der Waals surface area contributed by atoms with Gasteiger partial charge in [0.2, 0.25) is 0 Å². The molecule has 0 unspecified atom stereocenters. The van der Waals surface area contributed by atoms with Gasteiger partial charge >= 0.3 is 5.97 Å². The number of benzene rings is 3. The summed E-state index contributed by atoms with van der Waals surface area (Å²) in [7, 11) is 0. The highest BCUT2D eigenvalue weighted by Gasteiger charge is 2.17. The molecule has 0 atom stereocenters. The van der Waals surface area contributed by atoms with Crippen LogP contribution < -0.4 is 10.6 Å². The van der Waals surface area contributed by atoms with Crippen molar-refractivity contribution in [2.24, 2.45) is 0 Å². The summed E-state index contributed by atoms with van der Waals surface area (Å²) in [5.74, 6) is -1.52. The van der Waals surface area contributed by atoms with Gasteiger partial charge in [-0.15, -0.1) is 0 Å². The molecule has 0 aliphatic heterocycles. The van der Waals surface area contributed by atoms with E-state index in [1.807, 2.05) is 36.4 Å². The third-order valence-corrected chi connectivity index (χ3v) is 4.62. The quantitative estimate of drug-likeness (QED) is 0.412. The number of ether oxygens (including phenoxy) is 1. The predicted molar refractivity (Wildman–Crippen MR) is 118 cm³/mol. The number of H-pyrrole nitrogens is 1. The molecule has 4 rings (SSSR count). The highest BCUT2D eigenvalue weighted by molar-refractivity contribution is 6.10. The van der Waals surface area contributed by atoms with E-state index in [9.17, 15) is 14.4 Å². The Bertz CT molecular complexity index is 1250. The maximum atomic E-state index is 12.6. The maximum Gasteiger partial charge on any atom is 0.340 e. The van der Waals surface area contributed by atoms with Crippen molar-refractivity contribution >= 4 is 40.1 Å². The van der Waals surface area contributed by atoms with Crippen molar-refractivity contribution in [1.29, 1.82) is 0 Å². The second-order valence-corrected chi connectivity index (χ2v) is 6.74. The van der Waals surface area contributed by atoms with Gasteiger partial charge in [-0.25, -0.2) is 4.79 Å². The fraction of sp³-hybridized carbons (Fsp3) is 0.0417.